The maximum Gasteiger partial charge on any atom is 0.273 e. The number of hydrogen-bond donors (Lipinski definition) is 1. The Morgan fingerprint density at radius 3 is 2.96 bits per heavy atom. The van der Waals surface area contributed by atoms with Gasteiger partial charge in [0.05, 0.1) is 16.3 Å². The zero-order valence-electron chi connectivity index (χ0n) is 14.6. The van der Waals surface area contributed by atoms with Crippen LogP contribution >= 0.6 is 0 Å². The Bertz CT molecular complexity index is 856. The average Bonchev–Trinajstić information content (AvgIpc) is 3.04. The summed E-state index contributed by atoms with van der Waals surface area (Å²) in [6, 6.07) is 6.07. The summed E-state index contributed by atoms with van der Waals surface area (Å²) < 4.78 is 1.44. The first kappa shape index (κ1) is 17.8. The third-order valence-electron chi connectivity index (χ3n) is 4.51. The van der Waals surface area contributed by atoms with Crippen molar-refractivity contribution in [3.8, 4) is 5.69 Å². The lowest BCUT2D eigenvalue weighted by molar-refractivity contribution is -0.384. The summed E-state index contributed by atoms with van der Waals surface area (Å²) in [6.45, 7) is 2.28. The molecule has 1 heterocycles. The van der Waals surface area contributed by atoms with Crippen molar-refractivity contribution in [2.45, 2.75) is 39.0 Å². The van der Waals surface area contributed by atoms with Crippen LogP contribution in [0, 0.1) is 17.0 Å². The van der Waals surface area contributed by atoms with Gasteiger partial charge in [-0.25, -0.2) is 4.68 Å². The summed E-state index contributed by atoms with van der Waals surface area (Å²) >= 11 is 0. The van der Waals surface area contributed by atoms with Crippen molar-refractivity contribution in [1.29, 1.82) is 0 Å². The highest BCUT2D eigenvalue weighted by Crippen LogP contribution is 2.20. The van der Waals surface area contributed by atoms with Crippen molar-refractivity contribution in [3.63, 3.8) is 0 Å². The lowest BCUT2D eigenvalue weighted by Gasteiger charge is -2.12. The van der Waals surface area contributed by atoms with E-state index in [-0.39, 0.29) is 17.3 Å². The monoisotopic (exact) mass is 355 g/mol. The Morgan fingerprint density at radius 2 is 2.23 bits per heavy atom. The average molecular weight is 355 g/mol. The van der Waals surface area contributed by atoms with Crippen LogP contribution < -0.4 is 5.32 Å². The van der Waals surface area contributed by atoms with Crippen LogP contribution in [0.15, 0.2) is 35.9 Å². The fraction of sp³-hybridized carbons (Fsp3) is 0.389. The van der Waals surface area contributed by atoms with Crippen molar-refractivity contribution < 1.29 is 9.72 Å². The molecule has 2 aromatic rings. The fourth-order valence-corrected chi connectivity index (χ4v) is 3.07. The lowest BCUT2D eigenvalue weighted by Crippen LogP contribution is -2.26. The van der Waals surface area contributed by atoms with Crippen molar-refractivity contribution in [1.82, 2.24) is 20.3 Å². The number of nitro groups is 1. The maximum absolute atomic E-state index is 12.4. The molecule has 0 atom stereocenters. The number of nitrogens with zero attached hydrogens (tertiary/aromatic N) is 4. The summed E-state index contributed by atoms with van der Waals surface area (Å²) in [5, 5.41) is 21.7. The number of nitrogens with one attached hydrogen (secondary N) is 1. The van der Waals surface area contributed by atoms with Crippen molar-refractivity contribution in [2.75, 3.05) is 6.54 Å². The molecule has 0 bridgehead atoms. The number of carbonyl (C=O) groups excluding carboxylic acids is 1. The predicted octanol–water partition coefficient (Wildman–Crippen LogP) is 3.10. The molecule has 8 nitrogen and oxygen atoms in total. The molecule has 0 saturated heterocycles. The first-order valence-electron chi connectivity index (χ1n) is 8.69. The Morgan fingerprint density at radius 1 is 1.38 bits per heavy atom. The second-order valence-electron chi connectivity index (χ2n) is 6.33. The first-order valence-corrected chi connectivity index (χ1v) is 8.69. The molecule has 1 aromatic heterocycles. The standard InChI is InChI=1S/C18H21N5O3/c1-13-17(18(24)19-11-10-14-6-3-2-4-7-14)20-21-22(13)15-8-5-9-16(12-15)23(25)26/h5-6,8-9,12H,2-4,7,10-11H2,1H3,(H,19,24). The summed E-state index contributed by atoms with van der Waals surface area (Å²) in [6.07, 6.45) is 7.81. The van der Waals surface area contributed by atoms with Crippen LogP contribution in [0.1, 0.15) is 48.3 Å². The van der Waals surface area contributed by atoms with E-state index in [2.05, 4.69) is 21.7 Å². The van der Waals surface area contributed by atoms with Gasteiger partial charge in [-0.05, 0) is 45.1 Å². The molecule has 1 aromatic carbocycles. The van der Waals surface area contributed by atoms with E-state index in [1.54, 1.807) is 19.1 Å². The third kappa shape index (κ3) is 3.96. The molecule has 1 aliphatic carbocycles. The molecule has 0 unspecified atom stereocenters. The number of hydrogen-bond acceptors (Lipinski definition) is 5. The second-order valence-corrected chi connectivity index (χ2v) is 6.33. The van der Waals surface area contributed by atoms with Crippen molar-refractivity contribution in [3.05, 3.63) is 57.4 Å². The highest BCUT2D eigenvalue weighted by molar-refractivity contribution is 5.93. The molecule has 3 rings (SSSR count). The molecule has 1 aliphatic rings. The van der Waals surface area contributed by atoms with E-state index >= 15 is 0 Å². The van der Waals surface area contributed by atoms with E-state index in [9.17, 15) is 14.9 Å². The summed E-state index contributed by atoms with van der Waals surface area (Å²) in [7, 11) is 0. The van der Waals surface area contributed by atoms with Crippen LogP contribution in [0.4, 0.5) is 5.69 Å². The van der Waals surface area contributed by atoms with Gasteiger partial charge < -0.3 is 5.32 Å². The highest BCUT2D eigenvalue weighted by atomic mass is 16.6. The van der Waals surface area contributed by atoms with Crippen molar-refractivity contribution in [2.24, 2.45) is 0 Å². The quantitative estimate of drug-likeness (QED) is 0.487. The fourth-order valence-electron chi connectivity index (χ4n) is 3.07. The van der Waals surface area contributed by atoms with Crippen LogP contribution in [0.2, 0.25) is 0 Å². The molecule has 26 heavy (non-hydrogen) atoms. The Hall–Kier alpha value is -3.03. The zero-order valence-corrected chi connectivity index (χ0v) is 14.6. The molecule has 8 heteroatoms. The van der Waals surface area contributed by atoms with Gasteiger partial charge in [0, 0.05) is 18.7 Å². The SMILES string of the molecule is Cc1c(C(=O)NCCC2=CCCCC2)nnn1-c1cccc([N+](=O)[O-])c1. The molecule has 1 amide bonds. The molecule has 0 spiro atoms. The van der Waals surface area contributed by atoms with Gasteiger partial charge in [0.25, 0.3) is 11.6 Å². The van der Waals surface area contributed by atoms with Crippen LogP contribution in [-0.2, 0) is 0 Å². The predicted molar refractivity (Wildman–Crippen MR) is 96.3 cm³/mol. The number of non-ortho nitro benzene ring substituents is 1. The molecule has 136 valence electrons. The molecule has 0 fully saturated rings. The molecular weight excluding hydrogens is 334 g/mol. The van der Waals surface area contributed by atoms with Gasteiger partial charge in [-0.3, -0.25) is 14.9 Å². The smallest absolute Gasteiger partial charge is 0.273 e. The van der Waals surface area contributed by atoms with E-state index in [0.29, 0.717) is 17.9 Å². The van der Waals surface area contributed by atoms with E-state index in [1.807, 2.05) is 0 Å². The maximum atomic E-state index is 12.4. The van der Waals surface area contributed by atoms with Gasteiger partial charge in [-0.2, -0.15) is 0 Å². The molecule has 1 N–H and O–H groups in total. The molecule has 0 saturated carbocycles. The highest BCUT2D eigenvalue weighted by Gasteiger charge is 2.18. The number of amides is 1. The third-order valence-corrected chi connectivity index (χ3v) is 4.51. The molecular formula is C18H21N5O3. The first-order chi connectivity index (χ1) is 12.6. The van der Waals surface area contributed by atoms with E-state index in [1.165, 1.54) is 35.2 Å². The van der Waals surface area contributed by atoms with E-state index < -0.39 is 4.92 Å². The minimum absolute atomic E-state index is 0.0378. The van der Waals surface area contributed by atoms with Gasteiger partial charge in [0.2, 0.25) is 0 Å². The number of carbonyl (C=O) groups is 1. The molecule has 0 aliphatic heterocycles. The van der Waals surface area contributed by atoms with Gasteiger partial charge in [-0.1, -0.05) is 22.9 Å². The van der Waals surface area contributed by atoms with E-state index in [4.69, 9.17) is 0 Å². The second kappa shape index (κ2) is 7.90. The van der Waals surface area contributed by atoms with Crippen LogP contribution in [0.3, 0.4) is 0 Å². The number of aromatic nitrogens is 3. The largest absolute Gasteiger partial charge is 0.350 e. The number of allylic oxidation sites excluding steroid dienone is 1. The number of benzene rings is 1. The summed E-state index contributed by atoms with van der Waals surface area (Å²) in [4.78, 5) is 22.8. The van der Waals surface area contributed by atoms with Gasteiger partial charge in [-0.15, -0.1) is 5.10 Å². The molecule has 0 radical (unpaired) electrons. The van der Waals surface area contributed by atoms with Crippen molar-refractivity contribution >= 4 is 11.6 Å². The van der Waals surface area contributed by atoms with Crippen LogP contribution in [0.25, 0.3) is 5.69 Å². The Balaban J connectivity index is 1.68. The van der Waals surface area contributed by atoms with Gasteiger partial charge in [0.15, 0.2) is 5.69 Å². The normalized spacial score (nSPS) is 14.0. The van der Waals surface area contributed by atoms with E-state index in [0.717, 1.165) is 19.3 Å². The number of nitro benzene ring substituents is 1. The minimum Gasteiger partial charge on any atom is -0.350 e. The summed E-state index contributed by atoms with van der Waals surface area (Å²) in [5.74, 6) is -0.282. The minimum atomic E-state index is -0.469. The lowest BCUT2D eigenvalue weighted by atomic mass is 9.97. The Kier molecular flexibility index (Phi) is 5.40. The van der Waals surface area contributed by atoms with Crippen LogP contribution in [-0.4, -0.2) is 32.4 Å². The van der Waals surface area contributed by atoms with Crippen LogP contribution in [0.5, 0.6) is 0 Å². The van der Waals surface area contributed by atoms with Gasteiger partial charge in [0.1, 0.15) is 0 Å². The van der Waals surface area contributed by atoms with Gasteiger partial charge >= 0.3 is 0 Å². The topological polar surface area (TPSA) is 103 Å². The number of rotatable bonds is 6. The Labute approximate surface area is 151 Å². The zero-order chi connectivity index (χ0) is 18.5. The summed E-state index contributed by atoms with van der Waals surface area (Å²) in [5.41, 5.74) is 2.63.